The fraction of sp³-hybridized carbons (Fsp3) is 0.118. The Hall–Kier alpha value is -2.40. The minimum atomic E-state index is 0.611. The van der Waals surface area contributed by atoms with Crippen molar-refractivity contribution in [1.82, 2.24) is 14.8 Å². The lowest BCUT2D eigenvalue weighted by molar-refractivity contribution is 0.741. The Morgan fingerprint density at radius 1 is 1.05 bits per heavy atom. The first kappa shape index (κ1) is 14.5. The van der Waals surface area contributed by atoms with Crippen LogP contribution in [0, 0.1) is 0 Å². The van der Waals surface area contributed by atoms with E-state index in [1.807, 2.05) is 55.6 Å². The van der Waals surface area contributed by atoms with E-state index in [0.29, 0.717) is 5.95 Å². The highest BCUT2D eigenvalue weighted by Gasteiger charge is 2.06. The molecule has 22 heavy (non-hydrogen) atoms. The zero-order valence-corrected chi connectivity index (χ0v) is 13.1. The molecule has 0 saturated carbocycles. The summed E-state index contributed by atoms with van der Waals surface area (Å²) in [5.74, 6) is 1.46. The number of benzene rings is 2. The lowest BCUT2D eigenvalue weighted by Gasteiger charge is -1.96. The molecule has 110 valence electrons. The Labute approximate surface area is 133 Å². The van der Waals surface area contributed by atoms with Crippen LogP contribution in [0.4, 0.5) is 5.95 Å². The van der Waals surface area contributed by atoms with Crippen LogP contribution in [-0.4, -0.2) is 21.0 Å². The van der Waals surface area contributed by atoms with Crippen molar-refractivity contribution in [2.24, 2.45) is 12.0 Å². The van der Waals surface area contributed by atoms with Crippen molar-refractivity contribution in [2.75, 3.05) is 0 Å². The number of aliphatic imine (C=N–C) groups is 1. The van der Waals surface area contributed by atoms with Gasteiger partial charge in [-0.15, -0.1) is 5.10 Å². The fourth-order valence-electron chi connectivity index (χ4n) is 1.92. The van der Waals surface area contributed by atoms with E-state index in [4.69, 9.17) is 0 Å². The van der Waals surface area contributed by atoms with Gasteiger partial charge in [0, 0.05) is 19.0 Å². The van der Waals surface area contributed by atoms with Crippen molar-refractivity contribution in [3.8, 4) is 0 Å². The van der Waals surface area contributed by atoms with E-state index in [-0.39, 0.29) is 0 Å². The molecule has 0 aliphatic heterocycles. The van der Waals surface area contributed by atoms with E-state index < -0.39 is 0 Å². The van der Waals surface area contributed by atoms with Crippen molar-refractivity contribution in [3.63, 3.8) is 0 Å². The standard InChI is InChI=1S/C17H16N4S/c1-21-16(18-12-14-8-4-2-5-9-14)19-17(20-21)22-13-15-10-6-3-7-11-15/h2-12H,13H2,1H3/b18-12+. The van der Waals surface area contributed by atoms with Gasteiger partial charge in [-0.1, -0.05) is 72.4 Å². The van der Waals surface area contributed by atoms with Gasteiger partial charge in [0.05, 0.1) is 0 Å². The summed E-state index contributed by atoms with van der Waals surface area (Å²) in [4.78, 5) is 8.86. The van der Waals surface area contributed by atoms with Gasteiger partial charge in [0.2, 0.25) is 11.1 Å². The molecule has 0 radical (unpaired) electrons. The van der Waals surface area contributed by atoms with Gasteiger partial charge in [-0.2, -0.15) is 4.98 Å². The van der Waals surface area contributed by atoms with Crippen molar-refractivity contribution >= 4 is 23.9 Å². The van der Waals surface area contributed by atoms with Crippen LogP contribution in [0.25, 0.3) is 0 Å². The quantitative estimate of drug-likeness (QED) is 0.531. The summed E-state index contributed by atoms with van der Waals surface area (Å²) in [6.45, 7) is 0. The normalized spacial score (nSPS) is 11.1. The van der Waals surface area contributed by atoms with Gasteiger partial charge >= 0.3 is 0 Å². The van der Waals surface area contributed by atoms with Crippen LogP contribution < -0.4 is 0 Å². The van der Waals surface area contributed by atoms with E-state index in [1.54, 1.807) is 22.7 Å². The van der Waals surface area contributed by atoms with E-state index in [9.17, 15) is 0 Å². The largest absolute Gasteiger partial charge is 0.248 e. The smallest absolute Gasteiger partial charge is 0.232 e. The third kappa shape index (κ3) is 3.83. The van der Waals surface area contributed by atoms with Crippen molar-refractivity contribution in [3.05, 3.63) is 71.8 Å². The molecule has 2 aromatic carbocycles. The summed E-state index contributed by atoms with van der Waals surface area (Å²) in [5, 5.41) is 5.13. The van der Waals surface area contributed by atoms with Crippen LogP contribution in [0.5, 0.6) is 0 Å². The minimum Gasteiger partial charge on any atom is -0.232 e. The van der Waals surface area contributed by atoms with Gasteiger partial charge < -0.3 is 0 Å². The van der Waals surface area contributed by atoms with Crippen LogP contribution in [0.15, 0.2) is 70.8 Å². The van der Waals surface area contributed by atoms with Gasteiger partial charge in [-0.05, 0) is 11.1 Å². The highest BCUT2D eigenvalue weighted by atomic mass is 32.2. The van der Waals surface area contributed by atoms with Gasteiger partial charge in [0.1, 0.15) is 0 Å². The number of hydrogen-bond donors (Lipinski definition) is 0. The van der Waals surface area contributed by atoms with E-state index >= 15 is 0 Å². The number of nitrogens with zero attached hydrogens (tertiary/aromatic N) is 4. The second kappa shape index (κ2) is 7.04. The van der Waals surface area contributed by atoms with Crippen LogP contribution in [0.1, 0.15) is 11.1 Å². The SMILES string of the molecule is Cn1nc(SCc2ccccc2)nc1/N=C/c1ccccc1. The molecule has 0 aliphatic carbocycles. The first-order chi connectivity index (χ1) is 10.8. The molecule has 3 aromatic rings. The van der Waals surface area contributed by atoms with Gasteiger partial charge in [-0.25, -0.2) is 9.67 Å². The maximum atomic E-state index is 4.46. The molecule has 1 heterocycles. The predicted octanol–water partition coefficient (Wildman–Crippen LogP) is 3.86. The monoisotopic (exact) mass is 308 g/mol. The van der Waals surface area contributed by atoms with Crippen LogP contribution in [-0.2, 0) is 12.8 Å². The maximum absolute atomic E-state index is 4.46. The molecule has 0 atom stereocenters. The molecule has 0 N–H and O–H groups in total. The second-order valence-electron chi connectivity index (χ2n) is 4.76. The summed E-state index contributed by atoms with van der Waals surface area (Å²) in [5.41, 5.74) is 2.30. The van der Waals surface area contributed by atoms with Gasteiger partial charge in [0.15, 0.2) is 0 Å². The summed E-state index contributed by atoms with van der Waals surface area (Å²) in [6.07, 6.45) is 1.80. The molecule has 0 fully saturated rings. The molecule has 0 saturated heterocycles. The summed E-state index contributed by atoms with van der Waals surface area (Å²) in [6, 6.07) is 20.3. The topological polar surface area (TPSA) is 43.1 Å². The number of aryl methyl sites for hydroxylation is 1. The van der Waals surface area contributed by atoms with Crippen molar-refractivity contribution < 1.29 is 0 Å². The average molecular weight is 308 g/mol. The van der Waals surface area contributed by atoms with Crippen molar-refractivity contribution in [1.29, 1.82) is 0 Å². The molecule has 3 rings (SSSR count). The first-order valence-electron chi connectivity index (χ1n) is 6.98. The molecule has 0 bridgehead atoms. The maximum Gasteiger partial charge on any atom is 0.248 e. The van der Waals surface area contributed by atoms with E-state index in [0.717, 1.165) is 16.5 Å². The number of hydrogen-bond acceptors (Lipinski definition) is 4. The third-order valence-electron chi connectivity index (χ3n) is 3.06. The summed E-state index contributed by atoms with van der Waals surface area (Å²) in [7, 11) is 1.86. The van der Waals surface area contributed by atoms with Crippen molar-refractivity contribution in [2.45, 2.75) is 10.9 Å². The zero-order valence-electron chi connectivity index (χ0n) is 12.3. The Morgan fingerprint density at radius 2 is 1.73 bits per heavy atom. The molecular weight excluding hydrogens is 292 g/mol. The van der Waals surface area contributed by atoms with Crippen LogP contribution in [0.3, 0.4) is 0 Å². The number of aromatic nitrogens is 3. The highest BCUT2D eigenvalue weighted by molar-refractivity contribution is 7.98. The molecule has 0 aliphatic rings. The summed E-state index contributed by atoms with van der Waals surface area (Å²) < 4.78 is 1.70. The highest BCUT2D eigenvalue weighted by Crippen LogP contribution is 2.21. The third-order valence-corrected chi connectivity index (χ3v) is 3.97. The Morgan fingerprint density at radius 3 is 2.45 bits per heavy atom. The molecule has 0 unspecified atom stereocenters. The predicted molar refractivity (Wildman–Crippen MR) is 90.7 cm³/mol. The lowest BCUT2D eigenvalue weighted by atomic mass is 10.2. The molecule has 0 amide bonds. The molecule has 0 spiro atoms. The molecule has 1 aromatic heterocycles. The molecule has 4 nitrogen and oxygen atoms in total. The number of rotatable bonds is 5. The molecule has 5 heteroatoms. The average Bonchev–Trinajstić information content (AvgIpc) is 2.93. The lowest BCUT2D eigenvalue weighted by Crippen LogP contribution is -1.90. The number of thioether (sulfide) groups is 1. The summed E-state index contributed by atoms with van der Waals surface area (Å²) >= 11 is 1.61. The Balaban J connectivity index is 1.67. The zero-order chi connectivity index (χ0) is 15.2. The second-order valence-corrected chi connectivity index (χ2v) is 5.70. The Kier molecular flexibility index (Phi) is 4.65. The fourth-order valence-corrected chi connectivity index (χ4v) is 2.73. The minimum absolute atomic E-state index is 0.611. The van der Waals surface area contributed by atoms with Crippen LogP contribution in [0.2, 0.25) is 0 Å². The van der Waals surface area contributed by atoms with Crippen LogP contribution >= 0.6 is 11.8 Å². The van der Waals surface area contributed by atoms with E-state index in [2.05, 4.69) is 27.2 Å². The Bertz CT molecular complexity index is 751. The first-order valence-corrected chi connectivity index (χ1v) is 7.97. The van der Waals surface area contributed by atoms with E-state index in [1.165, 1.54) is 5.56 Å². The van der Waals surface area contributed by atoms with Gasteiger partial charge in [0.25, 0.3) is 0 Å². The van der Waals surface area contributed by atoms with Gasteiger partial charge in [-0.3, -0.25) is 0 Å². The molecular formula is C17H16N4S.